The Hall–Kier alpha value is -4.21. The lowest BCUT2D eigenvalue weighted by Gasteiger charge is -2.35. The van der Waals surface area contributed by atoms with Crippen molar-refractivity contribution >= 4 is 58.4 Å². The molecule has 1 aliphatic rings. The summed E-state index contributed by atoms with van der Waals surface area (Å²) in [6, 6.07) is 10.1. The Morgan fingerprint density at radius 3 is 2.65 bits per heavy atom. The first-order chi connectivity index (χ1) is 23.0. The molecule has 1 unspecified atom stereocenters. The molecule has 1 fully saturated rings. The molecule has 0 radical (unpaired) electrons. The lowest BCUT2D eigenvalue weighted by Crippen LogP contribution is -2.41. The predicted molar refractivity (Wildman–Crippen MR) is 188 cm³/mol. The Labute approximate surface area is 289 Å². The molecule has 3 amide bonds. The van der Waals surface area contributed by atoms with Gasteiger partial charge in [-0.2, -0.15) is 0 Å². The predicted octanol–water partition coefficient (Wildman–Crippen LogP) is 6.11. The third-order valence-electron chi connectivity index (χ3n) is 6.98. The van der Waals surface area contributed by atoms with Gasteiger partial charge in [0.1, 0.15) is 23.0 Å². The Morgan fingerprint density at radius 2 is 1.98 bits per heavy atom. The minimum atomic E-state index is -0.836. The third kappa shape index (κ3) is 10.9. The summed E-state index contributed by atoms with van der Waals surface area (Å²) in [7, 11) is 0. The van der Waals surface area contributed by atoms with Gasteiger partial charge in [0.2, 0.25) is 5.91 Å². The first kappa shape index (κ1) is 36.6. The summed E-state index contributed by atoms with van der Waals surface area (Å²) in [6.07, 6.45) is 1.10. The van der Waals surface area contributed by atoms with Gasteiger partial charge in [0, 0.05) is 42.7 Å². The van der Waals surface area contributed by atoms with Crippen molar-refractivity contribution in [1.82, 2.24) is 15.2 Å². The molecule has 1 atom stereocenters. The average Bonchev–Trinajstić information content (AvgIpc) is 3.52. The highest BCUT2D eigenvalue weighted by molar-refractivity contribution is 8.00. The lowest BCUT2D eigenvalue weighted by atomic mass is 9.99. The zero-order chi connectivity index (χ0) is 34.7. The maximum atomic E-state index is 14.2. The first-order valence-electron chi connectivity index (χ1n) is 15.7. The van der Waals surface area contributed by atoms with E-state index in [9.17, 15) is 14.4 Å². The number of carbonyl (C=O) groups excluding carboxylic acids is 3. The number of aryl methyl sites for hydroxylation is 1. The number of carbonyl (C=O) groups is 3. The SMILES string of the molecule is C=CCOC(=O)Nc1cccc(C(CCC(N)=O)N(C(=O)OC(C)(C)C)c2cc(N3CCOCC3)cc(CSc3nnc(CC)s3)n2)c1. The number of anilines is 3. The first-order valence-corrected chi connectivity index (χ1v) is 17.5. The van der Waals surface area contributed by atoms with E-state index in [4.69, 9.17) is 24.9 Å². The van der Waals surface area contributed by atoms with Crippen molar-refractivity contribution in [2.45, 2.75) is 68.7 Å². The fourth-order valence-corrected chi connectivity index (χ4v) is 6.59. The highest BCUT2D eigenvalue weighted by Crippen LogP contribution is 2.36. The van der Waals surface area contributed by atoms with Crippen LogP contribution in [0, 0.1) is 0 Å². The van der Waals surface area contributed by atoms with Crippen molar-refractivity contribution in [1.29, 1.82) is 0 Å². The quantitative estimate of drug-likeness (QED) is 0.148. The number of pyridine rings is 1. The molecule has 2 aromatic heterocycles. The molecule has 1 aromatic carbocycles. The minimum absolute atomic E-state index is 0.0222. The lowest BCUT2D eigenvalue weighted by molar-refractivity contribution is -0.118. The van der Waals surface area contributed by atoms with Crippen LogP contribution in [0.3, 0.4) is 0 Å². The van der Waals surface area contributed by atoms with Gasteiger partial charge >= 0.3 is 12.2 Å². The van der Waals surface area contributed by atoms with E-state index >= 15 is 0 Å². The summed E-state index contributed by atoms with van der Waals surface area (Å²) in [5.74, 6) is 0.291. The summed E-state index contributed by atoms with van der Waals surface area (Å²) in [6.45, 7) is 13.5. The molecule has 1 saturated heterocycles. The molecule has 258 valence electrons. The Bertz CT molecular complexity index is 1570. The maximum absolute atomic E-state index is 14.2. The van der Waals surface area contributed by atoms with Gasteiger partial charge in [0.05, 0.1) is 24.9 Å². The number of nitrogens with one attached hydrogen (secondary N) is 1. The van der Waals surface area contributed by atoms with Crippen LogP contribution in [-0.2, 0) is 31.2 Å². The second-order valence-electron chi connectivity index (χ2n) is 11.9. The van der Waals surface area contributed by atoms with Gasteiger partial charge in [-0.3, -0.25) is 15.0 Å². The summed E-state index contributed by atoms with van der Waals surface area (Å²) in [5.41, 5.74) is 7.44. The Morgan fingerprint density at radius 1 is 1.21 bits per heavy atom. The van der Waals surface area contributed by atoms with Crippen LogP contribution in [0.1, 0.15) is 62.8 Å². The van der Waals surface area contributed by atoms with Gasteiger partial charge in [-0.1, -0.05) is 54.8 Å². The van der Waals surface area contributed by atoms with Crippen LogP contribution < -0.4 is 20.9 Å². The molecule has 0 spiro atoms. The van der Waals surface area contributed by atoms with Crippen molar-refractivity contribution in [3.8, 4) is 0 Å². The molecule has 48 heavy (non-hydrogen) atoms. The van der Waals surface area contributed by atoms with Gasteiger partial charge in [-0.15, -0.1) is 10.2 Å². The van der Waals surface area contributed by atoms with E-state index < -0.39 is 29.7 Å². The fourth-order valence-electron chi connectivity index (χ4n) is 4.86. The molecular formula is C33H43N7O6S2. The normalized spacial score (nSPS) is 13.8. The third-order valence-corrected chi connectivity index (χ3v) is 9.22. The van der Waals surface area contributed by atoms with E-state index in [1.165, 1.54) is 22.7 Å². The van der Waals surface area contributed by atoms with Crippen LogP contribution in [0.4, 0.5) is 26.8 Å². The standard InChI is InChI=1S/C33H43N7O6S2/c1-6-15-45-30(42)36-23-10-8-9-22(18-23)26(11-12-27(34)41)40(32(43)46-33(3,4)5)28-20-25(39-13-16-44-17-14-39)19-24(35-28)21-47-31-38-37-29(7-2)48-31/h6,8-10,18-20,26H,1,7,11-17,21H2,2-5H3,(H2,34,41)(H,36,42). The summed E-state index contributed by atoms with van der Waals surface area (Å²) >= 11 is 3.06. The maximum Gasteiger partial charge on any atom is 0.416 e. The number of nitrogens with zero attached hydrogens (tertiary/aromatic N) is 5. The zero-order valence-electron chi connectivity index (χ0n) is 27.8. The molecule has 3 N–H and O–H groups in total. The van der Waals surface area contributed by atoms with Crippen molar-refractivity contribution < 1.29 is 28.6 Å². The number of nitrogens with two attached hydrogens (primary N) is 1. The van der Waals surface area contributed by atoms with Crippen LogP contribution in [0.15, 0.2) is 53.4 Å². The number of primary amides is 1. The summed E-state index contributed by atoms with van der Waals surface area (Å²) in [4.78, 5) is 47.3. The number of hydrogen-bond acceptors (Lipinski definition) is 12. The topological polar surface area (TPSA) is 162 Å². The summed E-state index contributed by atoms with van der Waals surface area (Å²) < 4.78 is 17.5. The number of benzene rings is 1. The summed E-state index contributed by atoms with van der Waals surface area (Å²) in [5, 5.41) is 12.2. The second kappa shape index (κ2) is 17.3. The van der Waals surface area contributed by atoms with Crippen molar-refractivity contribution in [3.05, 3.63) is 65.3 Å². The van der Waals surface area contributed by atoms with E-state index in [-0.39, 0.29) is 19.4 Å². The van der Waals surface area contributed by atoms with E-state index in [1.54, 1.807) is 50.3 Å². The van der Waals surface area contributed by atoms with Crippen LogP contribution in [-0.4, -0.2) is 71.8 Å². The molecule has 15 heteroatoms. The van der Waals surface area contributed by atoms with Crippen molar-refractivity contribution in [2.24, 2.45) is 5.73 Å². The van der Waals surface area contributed by atoms with E-state index in [1.807, 2.05) is 25.1 Å². The smallest absolute Gasteiger partial charge is 0.416 e. The van der Waals surface area contributed by atoms with E-state index in [0.29, 0.717) is 49.1 Å². The van der Waals surface area contributed by atoms with Crippen molar-refractivity contribution in [3.63, 3.8) is 0 Å². The Kier molecular flexibility index (Phi) is 13.2. The number of morpholine rings is 1. The van der Waals surface area contributed by atoms with Crippen molar-refractivity contribution in [2.75, 3.05) is 48.0 Å². The monoisotopic (exact) mass is 697 g/mol. The van der Waals surface area contributed by atoms with Gasteiger partial charge in [0.25, 0.3) is 0 Å². The number of aromatic nitrogens is 3. The van der Waals surface area contributed by atoms with Gasteiger partial charge < -0.3 is 24.8 Å². The molecular weight excluding hydrogens is 655 g/mol. The molecule has 0 aliphatic carbocycles. The number of hydrogen-bond donors (Lipinski definition) is 2. The highest BCUT2D eigenvalue weighted by Gasteiger charge is 2.33. The Balaban J connectivity index is 1.81. The molecule has 4 rings (SSSR count). The zero-order valence-corrected chi connectivity index (χ0v) is 29.4. The van der Waals surface area contributed by atoms with Crippen LogP contribution in [0.5, 0.6) is 0 Å². The van der Waals surface area contributed by atoms with Gasteiger partial charge in [-0.25, -0.2) is 14.6 Å². The molecule has 3 heterocycles. The average molecular weight is 698 g/mol. The number of amides is 3. The van der Waals surface area contributed by atoms with Crippen LogP contribution in [0.2, 0.25) is 0 Å². The minimum Gasteiger partial charge on any atom is -0.445 e. The second-order valence-corrected chi connectivity index (χ2v) is 14.2. The molecule has 0 bridgehead atoms. The van der Waals surface area contributed by atoms with E-state index in [0.717, 1.165) is 27.1 Å². The highest BCUT2D eigenvalue weighted by atomic mass is 32.2. The van der Waals surface area contributed by atoms with E-state index in [2.05, 4.69) is 27.0 Å². The van der Waals surface area contributed by atoms with Crippen LogP contribution >= 0.6 is 23.1 Å². The van der Waals surface area contributed by atoms with Gasteiger partial charge in [-0.05, 0) is 57.4 Å². The molecule has 1 aliphatic heterocycles. The molecule has 3 aromatic rings. The van der Waals surface area contributed by atoms with Gasteiger partial charge in [0.15, 0.2) is 4.34 Å². The fraction of sp³-hybridized carbons (Fsp3) is 0.455. The largest absolute Gasteiger partial charge is 0.445 e. The number of ether oxygens (including phenoxy) is 3. The van der Waals surface area contributed by atoms with Crippen LogP contribution in [0.25, 0.3) is 0 Å². The number of rotatable bonds is 14. The molecule has 13 nitrogen and oxygen atoms in total. The number of thioether (sulfide) groups is 1. The molecule has 0 saturated carbocycles.